The first-order chi connectivity index (χ1) is 10.2. The Kier molecular flexibility index (Phi) is 6.24. The first-order valence-corrected chi connectivity index (χ1v) is 8.34. The maximum Gasteiger partial charge on any atom is 0.227 e. The van der Waals surface area contributed by atoms with Gasteiger partial charge in [-0.3, -0.25) is 4.79 Å². The highest BCUT2D eigenvalue weighted by Crippen LogP contribution is 2.30. The van der Waals surface area contributed by atoms with E-state index in [-0.39, 0.29) is 11.8 Å². The van der Waals surface area contributed by atoms with Crippen molar-refractivity contribution in [2.24, 2.45) is 17.6 Å². The van der Waals surface area contributed by atoms with Crippen molar-refractivity contribution in [1.82, 2.24) is 0 Å². The van der Waals surface area contributed by atoms with E-state index in [9.17, 15) is 4.79 Å². The quantitative estimate of drug-likeness (QED) is 0.838. The predicted molar refractivity (Wildman–Crippen MR) is 88.2 cm³/mol. The first-order valence-electron chi connectivity index (χ1n) is 8.34. The molecule has 1 saturated carbocycles. The molecule has 3 N–H and O–H groups in total. The molecule has 1 aromatic carbocycles. The van der Waals surface area contributed by atoms with E-state index in [1.807, 2.05) is 12.1 Å². The molecule has 0 spiro atoms. The normalized spacial score (nSPS) is 22.0. The smallest absolute Gasteiger partial charge is 0.227 e. The zero-order valence-electron chi connectivity index (χ0n) is 13.1. The van der Waals surface area contributed by atoms with E-state index in [4.69, 9.17) is 5.73 Å². The van der Waals surface area contributed by atoms with E-state index in [0.717, 1.165) is 31.4 Å². The Morgan fingerprint density at radius 1 is 1.24 bits per heavy atom. The summed E-state index contributed by atoms with van der Waals surface area (Å²) in [5.41, 5.74) is 8.06. The molecule has 1 aliphatic carbocycles. The molecule has 1 aliphatic rings. The van der Waals surface area contributed by atoms with Crippen LogP contribution in [0.5, 0.6) is 0 Å². The van der Waals surface area contributed by atoms with Gasteiger partial charge in [0.15, 0.2) is 0 Å². The molecule has 1 fully saturated rings. The number of nitrogens with two attached hydrogens (primary N) is 1. The van der Waals surface area contributed by atoms with E-state index < -0.39 is 0 Å². The Morgan fingerprint density at radius 3 is 2.62 bits per heavy atom. The Hall–Kier alpha value is -1.35. The lowest BCUT2D eigenvalue weighted by atomic mass is 9.78. The predicted octanol–water partition coefficient (Wildman–Crippen LogP) is 3.73. The van der Waals surface area contributed by atoms with Gasteiger partial charge in [0.1, 0.15) is 0 Å². The van der Waals surface area contributed by atoms with Crippen LogP contribution in [0.25, 0.3) is 0 Å². The van der Waals surface area contributed by atoms with Crippen molar-refractivity contribution in [3.8, 4) is 0 Å². The largest absolute Gasteiger partial charge is 0.330 e. The van der Waals surface area contributed by atoms with Crippen molar-refractivity contribution < 1.29 is 4.79 Å². The topological polar surface area (TPSA) is 55.1 Å². The fourth-order valence-corrected chi connectivity index (χ4v) is 3.21. The summed E-state index contributed by atoms with van der Waals surface area (Å²) in [6.45, 7) is 2.82. The molecule has 2 unspecified atom stereocenters. The fraction of sp³-hybridized carbons (Fsp3) is 0.611. The lowest BCUT2D eigenvalue weighted by Gasteiger charge is -2.29. The summed E-state index contributed by atoms with van der Waals surface area (Å²) < 4.78 is 0. The molecule has 2 rings (SSSR count). The van der Waals surface area contributed by atoms with Crippen LogP contribution in [0.15, 0.2) is 24.3 Å². The van der Waals surface area contributed by atoms with Crippen molar-refractivity contribution in [2.75, 3.05) is 11.9 Å². The van der Waals surface area contributed by atoms with Gasteiger partial charge in [-0.2, -0.15) is 0 Å². The molecule has 3 heteroatoms. The monoisotopic (exact) mass is 288 g/mol. The molecular weight excluding hydrogens is 260 g/mol. The number of carbonyl (C=O) groups excluding carboxylic acids is 1. The van der Waals surface area contributed by atoms with Gasteiger partial charge >= 0.3 is 0 Å². The summed E-state index contributed by atoms with van der Waals surface area (Å²) in [5, 5.41) is 3.06. The number of amides is 1. The zero-order valence-corrected chi connectivity index (χ0v) is 13.1. The highest BCUT2D eigenvalue weighted by molar-refractivity contribution is 5.92. The Morgan fingerprint density at radius 2 is 1.95 bits per heavy atom. The Labute approximate surface area is 128 Å². The van der Waals surface area contributed by atoms with Crippen molar-refractivity contribution >= 4 is 11.6 Å². The molecular formula is C18H28N2O. The molecule has 0 heterocycles. The third kappa shape index (κ3) is 4.57. The summed E-state index contributed by atoms with van der Waals surface area (Å²) in [4.78, 5) is 12.4. The number of nitrogens with one attached hydrogen (secondary N) is 1. The summed E-state index contributed by atoms with van der Waals surface area (Å²) in [5.74, 6) is 0.581. The molecule has 2 atom stereocenters. The minimum atomic E-state index is 0.0866. The van der Waals surface area contributed by atoms with Crippen LogP contribution in [0.4, 0.5) is 5.69 Å². The molecule has 0 radical (unpaired) electrons. The molecule has 1 aromatic rings. The van der Waals surface area contributed by atoms with Gasteiger partial charge in [0.05, 0.1) is 0 Å². The first kappa shape index (κ1) is 16.0. The molecule has 21 heavy (non-hydrogen) atoms. The van der Waals surface area contributed by atoms with Gasteiger partial charge in [-0.25, -0.2) is 0 Å². The number of unbranched alkanes of at least 4 members (excludes halogenated alkanes) is 1. The molecule has 3 nitrogen and oxygen atoms in total. The van der Waals surface area contributed by atoms with E-state index in [1.165, 1.54) is 24.8 Å². The van der Waals surface area contributed by atoms with Crippen LogP contribution in [-0.2, 0) is 11.2 Å². The number of aryl methyl sites for hydroxylation is 1. The molecule has 0 aromatic heterocycles. The van der Waals surface area contributed by atoms with Gasteiger partial charge in [0.2, 0.25) is 5.91 Å². The summed E-state index contributed by atoms with van der Waals surface area (Å²) in [7, 11) is 0. The fourth-order valence-electron chi connectivity index (χ4n) is 3.21. The van der Waals surface area contributed by atoms with Gasteiger partial charge in [-0.05, 0) is 55.8 Å². The van der Waals surface area contributed by atoms with E-state index in [1.54, 1.807) is 0 Å². The Balaban J connectivity index is 1.92. The number of hydrogen-bond donors (Lipinski definition) is 2. The van der Waals surface area contributed by atoms with Crippen LogP contribution in [0.2, 0.25) is 0 Å². The molecule has 0 saturated heterocycles. The van der Waals surface area contributed by atoms with Crippen LogP contribution in [-0.4, -0.2) is 12.5 Å². The minimum Gasteiger partial charge on any atom is -0.330 e. The number of benzene rings is 1. The second-order valence-electron chi connectivity index (χ2n) is 6.18. The van der Waals surface area contributed by atoms with E-state index >= 15 is 0 Å². The number of hydrogen-bond acceptors (Lipinski definition) is 2. The SMILES string of the molecule is CCCCc1ccc(NC(=O)C2CCCCC2CN)cc1. The van der Waals surface area contributed by atoms with Crippen LogP contribution in [0.3, 0.4) is 0 Å². The summed E-state index contributed by atoms with van der Waals surface area (Å²) >= 11 is 0. The third-order valence-corrected chi connectivity index (χ3v) is 4.59. The Bertz CT molecular complexity index is 441. The van der Waals surface area contributed by atoms with Gasteiger partial charge in [-0.1, -0.05) is 38.3 Å². The highest BCUT2D eigenvalue weighted by Gasteiger charge is 2.29. The van der Waals surface area contributed by atoms with Crippen LogP contribution < -0.4 is 11.1 Å². The summed E-state index contributed by atoms with van der Waals surface area (Å²) in [6, 6.07) is 8.27. The van der Waals surface area contributed by atoms with Crippen LogP contribution in [0.1, 0.15) is 51.0 Å². The molecule has 0 aliphatic heterocycles. The second-order valence-corrected chi connectivity index (χ2v) is 6.18. The zero-order chi connectivity index (χ0) is 15.1. The molecule has 116 valence electrons. The number of anilines is 1. The maximum absolute atomic E-state index is 12.4. The molecule has 0 bridgehead atoms. The van der Waals surface area contributed by atoms with Gasteiger partial charge in [0.25, 0.3) is 0 Å². The maximum atomic E-state index is 12.4. The lowest BCUT2D eigenvalue weighted by Crippen LogP contribution is -2.35. The average Bonchev–Trinajstić information content (AvgIpc) is 2.54. The van der Waals surface area contributed by atoms with Crippen LogP contribution in [0, 0.1) is 11.8 Å². The van der Waals surface area contributed by atoms with Gasteiger partial charge in [0, 0.05) is 11.6 Å². The summed E-state index contributed by atoms with van der Waals surface area (Å²) in [6.07, 6.45) is 7.95. The lowest BCUT2D eigenvalue weighted by molar-refractivity contribution is -0.122. The van der Waals surface area contributed by atoms with Crippen molar-refractivity contribution in [1.29, 1.82) is 0 Å². The number of carbonyl (C=O) groups is 1. The van der Waals surface area contributed by atoms with Crippen molar-refractivity contribution in [3.05, 3.63) is 29.8 Å². The van der Waals surface area contributed by atoms with Crippen molar-refractivity contribution in [2.45, 2.75) is 51.9 Å². The highest BCUT2D eigenvalue weighted by atomic mass is 16.1. The van der Waals surface area contributed by atoms with Crippen LogP contribution >= 0.6 is 0 Å². The van der Waals surface area contributed by atoms with E-state index in [2.05, 4.69) is 24.4 Å². The minimum absolute atomic E-state index is 0.0866. The van der Waals surface area contributed by atoms with Crippen molar-refractivity contribution in [3.63, 3.8) is 0 Å². The average molecular weight is 288 g/mol. The van der Waals surface area contributed by atoms with E-state index in [0.29, 0.717) is 12.5 Å². The standard InChI is InChI=1S/C18H28N2O/c1-2-3-6-14-9-11-16(12-10-14)20-18(21)17-8-5-4-7-15(17)13-19/h9-12,15,17H,2-8,13,19H2,1H3,(H,20,21). The molecule has 1 amide bonds. The number of rotatable bonds is 6. The third-order valence-electron chi connectivity index (χ3n) is 4.59. The second kappa shape index (κ2) is 8.18. The van der Waals surface area contributed by atoms with Gasteiger partial charge < -0.3 is 11.1 Å². The van der Waals surface area contributed by atoms with Gasteiger partial charge in [-0.15, -0.1) is 0 Å².